The van der Waals surface area contributed by atoms with E-state index >= 15 is 0 Å². The van der Waals surface area contributed by atoms with Crippen LogP contribution in [0.1, 0.15) is 39.0 Å². The molecule has 4 heteroatoms. The first-order valence-electron chi connectivity index (χ1n) is 4.94. The lowest BCUT2D eigenvalue weighted by molar-refractivity contribution is -0.114. The summed E-state index contributed by atoms with van der Waals surface area (Å²) in [5.74, 6) is -0.527. The minimum atomic E-state index is -0.846. The fourth-order valence-electron chi connectivity index (χ4n) is 1.28. The van der Waals surface area contributed by atoms with Gasteiger partial charge in [-0.3, -0.25) is 4.79 Å². The van der Waals surface area contributed by atoms with Crippen molar-refractivity contribution in [1.82, 2.24) is 0 Å². The molecule has 0 heterocycles. The van der Waals surface area contributed by atoms with Crippen LogP contribution in [0.15, 0.2) is 12.2 Å². The van der Waals surface area contributed by atoms with Crippen molar-refractivity contribution in [2.75, 3.05) is 0 Å². The molecule has 0 aliphatic rings. The summed E-state index contributed by atoms with van der Waals surface area (Å²) < 4.78 is 0. The summed E-state index contributed by atoms with van der Waals surface area (Å²) in [5.41, 5.74) is 16.1. The Balaban J connectivity index is 3.93. The number of nitrogens with two attached hydrogens (primary N) is 3. The zero-order valence-corrected chi connectivity index (χ0v) is 8.88. The van der Waals surface area contributed by atoms with E-state index < -0.39 is 11.6 Å². The summed E-state index contributed by atoms with van der Waals surface area (Å²) in [6.07, 6.45) is 4.14. The third kappa shape index (κ3) is 5.72. The summed E-state index contributed by atoms with van der Waals surface area (Å²) in [6.45, 7) is 5.64. The molecule has 0 radical (unpaired) electrons. The molecule has 0 aromatic carbocycles. The van der Waals surface area contributed by atoms with Gasteiger partial charge in [0.25, 0.3) is 0 Å². The van der Waals surface area contributed by atoms with Crippen molar-refractivity contribution in [2.24, 2.45) is 17.2 Å². The summed E-state index contributed by atoms with van der Waals surface area (Å²) in [7, 11) is 0. The predicted molar refractivity (Wildman–Crippen MR) is 58.2 cm³/mol. The molecule has 0 unspecified atom stereocenters. The fourth-order valence-corrected chi connectivity index (χ4v) is 1.28. The van der Waals surface area contributed by atoms with Crippen molar-refractivity contribution in [3.05, 3.63) is 12.2 Å². The number of unbranched alkanes of at least 4 members (excludes halogenated alkanes) is 2. The van der Waals surface area contributed by atoms with Crippen LogP contribution in [-0.2, 0) is 4.79 Å². The van der Waals surface area contributed by atoms with Crippen molar-refractivity contribution in [3.8, 4) is 0 Å². The van der Waals surface area contributed by atoms with Crippen molar-refractivity contribution in [3.63, 3.8) is 0 Å². The topological polar surface area (TPSA) is 95.1 Å². The fraction of sp³-hybridized carbons (Fsp3) is 0.700. The molecular weight excluding hydrogens is 178 g/mol. The zero-order chi connectivity index (χ0) is 11.2. The summed E-state index contributed by atoms with van der Waals surface area (Å²) in [6, 6.07) is 0. The molecule has 6 N–H and O–H groups in total. The quantitative estimate of drug-likeness (QED) is 0.318. The molecule has 0 saturated carbocycles. The summed E-state index contributed by atoms with van der Waals surface area (Å²) >= 11 is 0. The van der Waals surface area contributed by atoms with Gasteiger partial charge in [-0.2, -0.15) is 0 Å². The molecule has 0 fully saturated rings. The van der Waals surface area contributed by atoms with E-state index in [1.54, 1.807) is 0 Å². The van der Waals surface area contributed by atoms with Gasteiger partial charge in [0.2, 0.25) is 5.91 Å². The van der Waals surface area contributed by atoms with Gasteiger partial charge in [-0.25, -0.2) is 0 Å². The molecule has 82 valence electrons. The molecule has 0 aliphatic heterocycles. The van der Waals surface area contributed by atoms with E-state index in [0.717, 1.165) is 19.3 Å². The van der Waals surface area contributed by atoms with E-state index in [1.165, 1.54) is 0 Å². The minimum absolute atomic E-state index is 0.270. The first-order chi connectivity index (χ1) is 6.39. The highest BCUT2D eigenvalue weighted by molar-refractivity contribution is 5.91. The van der Waals surface area contributed by atoms with Crippen LogP contribution < -0.4 is 17.2 Å². The molecule has 0 saturated heterocycles. The molecule has 14 heavy (non-hydrogen) atoms. The third-order valence-corrected chi connectivity index (χ3v) is 2.14. The average Bonchev–Trinajstić information content (AvgIpc) is 2.03. The number of hydrogen-bond donors (Lipinski definition) is 3. The van der Waals surface area contributed by atoms with E-state index in [9.17, 15) is 4.79 Å². The van der Waals surface area contributed by atoms with E-state index in [1.807, 2.05) is 0 Å². The Bertz CT molecular complexity index is 211. The van der Waals surface area contributed by atoms with Crippen LogP contribution in [0.5, 0.6) is 0 Å². The van der Waals surface area contributed by atoms with Crippen molar-refractivity contribution in [2.45, 2.75) is 44.7 Å². The van der Waals surface area contributed by atoms with Crippen LogP contribution in [0, 0.1) is 0 Å². The first-order valence-corrected chi connectivity index (χ1v) is 4.94. The number of amides is 1. The van der Waals surface area contributed by atoms with E-state index in [0.29, 0.717) is 12.0 Å². The highest BCUT2D eigenvalue weighted by Gasteiger charge is 2.21. The van der Waals surface area contributed by atoms with Gasteiger partial charge in [-0.1, -0.05) is 32.8 Å². The second-order valence-corrected chi connectivity index (χ2v) is 3.83. The Morgan fingerprint density at radius 3 is 2.36 bits per heavy atom. The van der Waals surface area contributed by atoms with Crippen LogP contribution >= 0.6 is 0 Å². The maximum absolute atomic E-state index is 10.7. The van der Waals surface area contributed by atoms with Gasteiger partial charge in [-0.15, -0.1) is 0 Å². The predicted octanol–water partition coefficient (Wildman–Crippen LogP) is 0.612. The molecule has 4 nitrogen and oxygen atoms in total. The molecule has 0 aromatic rings. The van der Waals surface area contributed by atoms with Gasteiger partial charge in [0.05, 0.1) is 5.66 Å². The number of carbonyl (C=O) groups is 1. The summed E-state index contributed by atoms with van der Waals surface area (Å²) in [5, 5.41) is 0. The standard InChI is InChI=1S/C10H21N3O/c1-3-4-5-6-10(12,13)7-8(2)9(11)14/h2-7,12-13H2,1H3,(H2,11,14). The van der Waals surface area contributed by atoms with Gasteiger partial charge < -0.3 is 17.2 Å². The lowest BCUT2D eigenvalue weighted by Gasteiger charge is -2.24. The normalized spacial score (nSPS) is 11.4. The van der Waals surface area contributed by atoms with Crippen molar-refractivity contribution < 1.29 is 4.79 Å². The van der Waals surface area contributed by atoms with Crippen molar-refractivity contribution in [1.29, 1.82) is 0 Å². The maximum atomic E-state index is 10.7. The van der Waals surface area contributed by atoms with Gasteiger partial charge in [0.1, 0.15) is 0 Å². The van der Waals surface area contributed by atoms with Crippen LogP contribution in [0.25, 0.3) is 0 Å². The number of hydrogen-bond acceptors (Lipinski definition) is 3. The molecule has 0 bridgehead atoms. The Morgan fingerprint density at radius 2 is 1.93 bits per heavy atom. The number of primary amides is 1. The smallest absolute Gasteiger partial charge is 0.244 e. The van der Waals surface area contributed by atoms with E-state index in [4.69, 9.17) is 17.2 Å². The molecule has 0 rings (SSSR count). The van der Waals surface area contributed by atoms with Gasteiger partial charge in [-0.05, 0) is 6.42 Å². The Kier molecular flexibility index (Phi) is 5.42. The first kappa shape index (κ1) is 13.1. The van der Waals surface area contributed by atoms with Crippen LogP contribution in [-0.4, -0.2) is 11.6 Å². The molecule has 0 aliphatic carbocycles. The highest BCUT2D eigenvalue weighted by atomic mass is 16.1. The van der Waals surface area contributed by atoms with Crippen LogP contribution in [0.4, 0.5) is 0 Å². The van der Waals surface area contributed by atoms with Gasteiger partial charge in [0, 0.05) is 12.0 Å². The van der Waals surface area contributed by atoms with Gasteiger partial charge >= 0.3 is 0 Å². The molecule has 0 spiro atoms. The Labute approximate surface area is 85.5 Å². The second-order valence-electron chi connectivity index (χ2n) is 3.83. The largest absolute Gasteiger partial charge is 0.366 e. The second kappa shape index (κ2) is 5.78. The maximum Gasteiger partial charge on any atom is 0.244 e. The van der Waals surface area contributed by atoms with Crippen molar-refractivity contribution >= 4 is 5.91 Å². The highest BCUT2D eigenvalue weighted by Crippen LogP contribution is 2.14. The lowest BCUT2D eigenvalue weighted by atomic mass is 9.96. The number of carbonyl (C=O) groups excluding carboxylic acids is 1. The molecular formula is C10H21N3O. The minimum Gasteiger partial charge on any atom is -0.366 e. The summed E-state index contributed by atoms with van der Waals surface area (Å²) in [4.78, 5) is 10.7. The molecule has 1 amide bonds. The Hall–Kier alpha value is -0.870. The van der Waals surface area contributed by atoms with Crippen LogP contribution in [0.2, 0.25) is 0 Å². The molecule has 0 atom stereocenters. The van der Waals surface area contributed by atoms with E-state index in [2.05, 4.69) is 13.5 Å². The molecule has 0 aromatic heterocycles. The van der Waals surface area contributed by atoms with E-state index in [-0.39, 0.29) is 6.42 Å². The average molecular weight is 199 g/mol. The SMILES string of the molecule is C=C(CC(N)(N)CCCCC)C(N)=O. The van der Waals surface area contributed by atoms with Gasteiger partial charge in [0.15, 0.2) is 0 Å². The Morgan fingerprint density at radius 1 is 1.36 bits per heavy atom. The lowest BCUT2D eigenvalue weighted by Crippen LogP contribution is -2.50. The third-order valence-electron chi connectivity index (χ3n) is 2.14. The zero-order valence-electron chi connectivity index (χ0n) is 8.88. The monoisotopic (exact) mass is 199 g/mol. The van der Waals surface area contributed by atoms with Crippen LogP contribution in [0.3, 0.4) is 0 Å². The number of rotatable bonds is 7.